The van der Waals surface area contributed by atoms with E-state index in [1.807, 2.05) is 0 Å². The van der Waals surface area contributed by atoms with Crippen molar-refractivity contribution in [1.29, 1.82) is 5.41 Å². The fourth-order valence-electron chi connectivity index (χ4n) is 2.12. The fraction of sp³-hybridized carbons (Fsp3) is 0.133. The van der Waals surface area contributed by atoms with Gasteiger partial charge < -0.3 is 15.8 Å². The first kappa shape index (κ1) is 16.6. The molecule has 0 spiro atoms. The molecule has 2 rings (SSSR count). The first-order chi connectivity index (χ1) is 10.9. The molecule has 0 aromatic heterocycles. The fourth-order valence-corrected chi connectivity index (χ4v) is 2.39. The minimum atomic E-state index is -0.861. The van der Waals surface area contributed by atoms with Crippen LogP contribution >= 0.6 is 11.6 Å². The Hall–Kier alpha value is -2.80. The van der Waals surface area contributed by atoms with Gasteiger partial charge in [-0.05, 0) is 24.3 Å². The van der Waals surface area contributed by atoms with Crippen LogP contribution in [0.3, 0.4) is 0 Å². The molecular formula is C15H15ClN4O3. The number of primary amides is 1. The van der Waals surface area contributed by atoms with Crippen molar-refractivity contribution in [2.24, 2.45) is 5.73 Å². The number of rotatable bonds is 4. The highest BCUT2D eigenvalue weighted by molar-refractivity contribution is 6.33. The van der Waals surface area contributed by atoms with Crippen molar-refractivity contribution in [3.63, 3.8) is 0 Å². The lowest BCUT2D eigenvalue weighted by molar-refractivity contribution is -0.111. The highest BCUT2D eigenvalue weighted by Crippen LogP contribution is 2.30. The predicted molar refractivity (Wildman–Crippen MR) is 89.0 cm³/mol. The van der Waals surface area contributed by atoms with Crippen molar-refractivity contribution in [2.45, 2.75) is 0 Å². The summed E-state index contributed by atoms with van der Waals surface area (Å²) >= 11 is 6.11. The zero-order valence-corrected chi connectivity index (χ0v) is 13.3. The van der Waals surface area contributed by atoms with Gasteiger partial charge in [0.2, 0.25) is 5.78 Å². The van der Waals surface area contributed by atoms with Gasteiger partial charge in [-0.1, -0.05) is 11.6 Å². The van der Waals surface area contributed by atoms with Crippen LogP contribution in [0.2, 0.25) is 5.02 Å². The number of allylic oxidation sites excluding steroid dienone is 2. The van der Waals surface area contributed by atoms with Crippen molar-refractivity contribution < 1.29 is 14.3 Å². The Bertz CT molecular complexity index is 755. The summed E-state index contributed by atoms with van der Waals surface area (Å²) in [5.74, 6) is -0.378. The molecule has 1 aromatic rings. The molecule has 23 heavy (non-hydrogen) atoms. The van der Waals surface area contributed by atoms with E-state index in [-0.39, 0.29) is 17.2 Å². The van der Waals surface area contributed by atoms with Crippen molar-refractivity contribution in [1.82, 2.24) is 0 Å². The molecule has 0 atom stereocenters. The molecule has 8 heteroatoms. The normalized spacial score (nSPS) is 14.0. The number of ether oxygens (including phenoxy) is 1. The van der Waals surface area contributed by atoms with Crippen LogP contribution in [0, 0.1) is 5.41 Å². The van der Waals surface area contributed by atoms with Gasteiger partial charge in [0.1, 0.15) is 11.5 Å². The summed E-state index contributed by atoms with van der Waals surface area (Å²) in [6.07, 6.45) is 2.36. The Morgan fingerprint density at radius 1 is 1.39 bits per heavy atom. The molecule has 0 saturated heterocycles. The van der Waals surface area contributed by atoms with E-state index in [0.717, 1.165) is 11.0 Å². The number of methoxy groups -OCH3 is 1. The molecule has 0 radical (unpaired) electrons. The Morgan fingerprint density at radius 3 is 2.61 bits per heavy atom. The standard InChI is InChI=1S/C15H15ClN4O3/c1-19-11-4-3-8(5-9(11)16)20(15(18)22)12-6-10(17)14(23-2)7-13(12)21/h3-7,17,19H,1-2H3,(H2,18,22). The number of amides is 2. The third kappa shape index (κ3) is 3.19. The van der Waals surface area contributed by atoms with Crippen molar-refractivity contribution in [3.05, 3.63) is 46.8 Å². The summed E-state index contributed by atoms with van der Waals surface area (Å²) in [4.78, 5) is 25.1. The van der Waals surface area contributed by atoms with E-state index >= 15 is 0 Å². The average molecular weight is 335 g/mol. The number of hydrogen-bond donors (Lipinski definition) is 3. The maximum atomic E-state index is 12.2. The van der Waals surface area contributed by atoms with Crippen LogP contribution in [0.15, 0.2) is 41.8 Å². The minimum Gasteiger partial charge on any atom is -0.494 e. The molecule has 120 valence electrons. The van der Waals surface area contributed by atoms with E-state index in [1.54, 1.807) is 19.2 Å². The molecule has 0 unspecified atom stereocenters. The van der Waals surface area contributed by atoms with Gasteiger partial charge in [0.25, 0.3) is 0 Å². The number of carbonyl (C=O) groups excluding carboxylic acids is 2. The molecule has 0 aliphatic heterocycles. The van der Waals surface area contributed by atoms with Gasteiger partial charge >= 0.3 is 6.03 Å². The molecule has 1 aliphatic rings. The second kappa shape index (κ2) is 6.53. The first-order valence-corrected chi connectivity index (χ1v) is 6.94. The van der Waals surface area contributed by atoms with E-state index in [2.05, 4.69) is 5.32 Å². The number of anilines is 2. The largest absolute Gasteiger partial charge is 0.494 e. The molecule has 4 N–H and O–H groups in total. The van der Waals surface area contributed by atoms with Crippen LogP contribution in [0.4, 0.5) is 16.2 Å². The van der Waals surface area contributed by atoms with E-state index in [1.165, 1.54) is 19.3 Å². The summed E-state index contributed by atoms with van der Waals surface area (Å²) in [6, 6.07) is 3.89. The molecule has 1 aliphatic carbocycles. The van der Waals surface area contributed by atoms with Gasteiger partial charge in [-0.15, -0.1) is 0 Å². The summed E-state index contributed by atoms with van der Waals surface area (Å²) in [5, 5.41) is 11.1. The Kier molecular flexibility index (Phi) is 4.71. The Labute approximate surface area is 137 Å². The zero-order chi connectivity index (χ0) is 17.1. The zero-order valence-electron chi connectivity index (χ0n) is 12.5. The number of nitrogens with one attached hydrogen (secondary N) is 2. The van der Waals surface area contributed by atoms with Crippen molar-refractivity contribution in [3.8, 4) is 0 Å². The number of carbonyl (C=O) groups is 2. The van der Waals surface area contributed by atoms with Gasteiger partial charge in [-0.25, -0.2) is 4.79 Å². The van der Waals surface area contributed by atoms with E-state index in [9.17, 15) is 9.59 Å². The molecule has 0 fully saturated rings. The second-order valence-corrected chi connectivity index (χ2v) is 5.02. The van der Waals surface area contributed by atoms with E-state index < -0.39 is 11.8 Å². The van der Waals surface area contributed by atoms with Crippen LogP contribution in [-0.2, 0) is 9.53 Å². The smallest absolute Gasteiger partial charge is 0.324 e. The number of nitrogens with two attached hydrogens (primary N) is 1. The summed E-state index contributed by atoms with van der Waals surface area (Å²) in [6.45, 7) is 0. The summed E-state index contributed by atoms with van der Waals surface area (Å²) in [7, 11) is 3.06. The number of urea groups is 1. The lowest BCUT2D eigenvalue weighted by atomic mass is 10.1. The number of halogens is 1. The molecule has 7 nitrogen and oxygen atoms in total. The number of ketones is 1. The molecule has 1 aromatic carbocycles. The highest BCUT2D eigenvalue weighted by atomic mass is 35.5. The SMILES string of the molecule is CNc1ccc(N(C(N)=O)C2=CC(=N)C(OC)=CC2=O)cc1Cl. The van der Waals surface area contributed by atoms with Gasteiger partial charge in [0, 0.05) is 13.1 Å². The predicted octanol–water partition coefficient (Wildman–Crippen LogP) is 2.28. The first-order valence-electron chi connectivity index (χ1n) is 6.56. The number of hydrogen-bond acceptors (Lipinski definition) is 5. The van der Waals surface area contributed by atoms with Crippen LogP contribution < -0.4 is 16.0 Å². The third-order valence-corrected chi connectivity index (χ3v) is 3.54. The molecular weight excluding hydrogens is 320 g/mol. The quantitative estimate of drug-likeness (QED) is 0.734. The minimum absolute atomic E-state index is 0.0358. The van der Waals surface area contributed by atoms with Crippen molar-refractivity contribution >= 4 is 40.5 Å². The van der Waals surface area contributed by atoms with Crippen LogP contribution in [-0.4, -0.2) is 31.7 Å². The monoisotopic (exact) mass is 334 g/mol. The number of benzene rings is 1. The van der Waals surface area contributed by atoms with Crippen LogP contribution in [0.25, 0.3) is 0 Å². The van der Waals surface area contributed by atoms with Crippen LogP contribution in [0.5, 0.6) is 0 Å². The molecule has 2 amide bonds. The van der Waals surface area contributed by atoms with Crippen molar-refractivity contribution in [2.75, 3.05) is 24.4 Å². The van der Waals surface area contributed by atoms with Gasteiger partial charge in [-0.2, -0.15) is 0 Å². The highest BCUT2D eigenvalue weighted by Gasteiger charge is 2.27. The average Bonchev–Trinajstić information content (AvgIpc) is 2.50. The lowest BCUT2D eigenvalue weighted by Gasteiger charge is -2.25. The van der Waals surface area contributed by atoms with E-state index in [4.69, 9.17) is 27.5 Å². The molecule has 0 bridgehead atoms. The molecule has 0 saturated carbocycles. The maximum Gasteiger partial charge on any atom is 0.324 e. The number of nitrogens with zero attached hydrogens (tertiary/aromatic N) is 1. The lowest BCUT2D eigenvalue weighted by Crippen LogP contribution is -2.39. The van der Waals surface area contributed by atoms with E-state index in [0.29, 0.717) is 16.4 Å². The Balaban J connectivity index is 2.48. The maximum absolute atomic E-state index is 12.2. The Morgan fingerprint density at radius 2 is 2.09 bits per heavy atom. The second-order valence-electron chi connectivity index (χ2n) is 4.61. The van der Waals surface area contributed by atoms with Gasteiger partial charge in [0.15, 0.2) is 0 Å². The van der Waals surface area contributed by atoms with Gasteiger partial charge in [-0.3, -0.25) is 15.1 Å². The summed E-state index contributed by atoms with van der Waals surface area (Å²) in [5.41, 5.74) is 6.31. The van der Waals surface area contributed by atoms with Crippen LogP contribution in [0.1, 0.15) is 0 Å². The van der Waals surface area contributed by atoms with Gasteiger partial charge in [0.05, 0.1) is 29.2 Å². The molecule has 0 heterocycles. The topological polar surface area (TPSA) is 109 Å². The third-order valence-electron chi connectivity index (χ3n) is 3.22. The summed E-state index contributed by atoms with van der Waals surface area (Å²) < 4.78 is 4.92.